The van der Waals surface area contributed by atoms with Gasteiger partial charge in [0.25, 0.3) is 0 Å². The Kier molecular flexibility index (Phi) is 8.19. The molecule has 3 atom stereocenters. The van der Waals surface area contributed by atoms with Crippen LogP contribution in [-0.4, -0.2) is 85.6 Å². The van der Waals surface area contributed by atoms with Gasteiger partial charge in [-0.1, -0.05) is 41.9 Å². The second-order valence-corrected chi connectivity index (χ2v) is 13.2. The first-order valence-electron chi connectivity index (χ1n) is 14.0. The molecule has 12 heteroatoms. The third-order valence-corrected chi connectivity index (χ3v) is 8.46. The highest BCUT2D eigenvalue weighted by molar-refractivity contribution is 9.10. The maximum Gasteiger partial charge on any atom is 0.321 e. The van der Waals surface area contributed by atoms with Crippen LogP contribution in [0.25, 0.3) is 0 Å². The molecule has 0 radical (unpaired) electrons. The summed E-state index contributed by atoms with van der Waals surface area (Å²) in [5.41, 5.74) is 1.13. The number of hydrogen-bond acceptors (Lipinski definition) is 6. The highest BCUT2D eigenvalue weighted by Gasteiger charge is 2.46. The van der Waals surface area contributed by atoms with Crippen molar-refractivity contribution in [1.29, 1.82) is 0 Å². The summed E-state index contributed by atoms with van der Waals surface area (Å²) < 4.78 is 2.57. The van der Waals surface area contributed by atoms with E-state index in [-0.39, 0.29) is 36.9 Å². The van der Waals surface area contributed by atoms with E-state index in [2.05, 4.69) is 36.9 Å². The molecule has 0 bridgehead atoms. The van der Waals surface area contributed by atoms with Crippen molar-refractivity contribution in [3.8, 4) is 0 Å². The molecule has 40 heavy (non-hydrogen) atoms. The lowest BCUT2D eigenvalue weighted by atomic mass is 9.85. The highest BCUT2D eigenvalue weighted by atomic mass is 79.9. The zero-order valence-electron chi connectivity index (χ0n) is 23.2. The second-order valence-electron chi connectivity index (χ2n) is 12.3. The number of halogens is 1. The molecule has 5 rings (SSSR count). The van der Waals surface area contributed by atoms with Gasteiger partial charge < -0.3 is 25.5 Å². The Morgan fingerprint density at radius 2 is 1.75 bits per heavy atom. The predicted octanol–water partition coefficient (Wildman–Crippen LogP) is 3.28. The number of piperidine rings is 1. The Balaban J connectivity index is 1.19. The first kappa shape index (κ1) is 28.5. The van der Waals surface area contributed by atoms with Gasteiger partial charge >= 0.3 is 6.03 Å². The van der Waals surface area contributed by atoms with Crippen LogP contribution in [0.15, 0.2) is 34.9 Å². The molecule has 1 saturated carbocycles. The number of aliphatic hydroxyl groups is 1. The number of urea groups is 1. The smallest absolute Gasteiger partial charge is 0.321 e. The molecule has 1 aliphatic carbocycles. The van der Waals surface area contributed by atoms with Crippen LogP contribution in [0.2, 0.25) is 0 Å². The van der Waals surface area contributed by atoms with Crippen LogP contribution in [0, 0.1) is 5.41 Å². The lowest BCUT2D eigenvalue weighted by Crippen LogP contribution is -2.54. The number of likely N-dealkylation sites (tertiary alicyclic amines) is 2. The van der Waals surface area contributed by atoms with Gasteiger partial charge in [0.2, 0.25) is 11.8 Å². The van der Waals surface area contributed by atoms with Crippen LogP contribution in [0.3, 0.4) is 0 Å². The van der Waals surface area contributed by atoms with E-state index < -0.39 is 23.6 Å². The number of β-amino-alcohol motifs (C(OH)–C–C–N with tert-alkyl or cyclic N) is 1. The van der Waals surface area contributed by atoms with Crippen molar-refractivity contribution in [3.63, 3.8) is 0 Å². The van der Waals surface area contributed by atoms with Gasteiger partial charge in [-0.15, -0.1) is 5.10 Å². The summed E-state index contributed by atoms with van der Waals surface area (Å²) in [5, 5.41) is 25.1. The molecule has 3 heterocycles. The van der Waals surface area contributed by atoms with Crippen molar-refractivity contribution in [2.24, 2.45) is 5.41 Å². The number of hydrogen-bond donors (Lipinski definition) is 3. The minimum absolute atomic E-state index is 0.0996. The summed E-state index contributed by atoms with van der Waals surface area (Å²) in [5.74, 6) is -0.0988. The van der Waals surface area contributed by atoms with E-state index in [9.17, 15) is 19.5 Å². The lowest BCUT2D eigenvalue weighted by Gasteiger charge is -2.36. The van der Waals surface area contributed by atoms with Gasteiger partial charge in [0.15, 0.2) is 0 Å². The van der Waals surface area contributed by atoms with Crippen LogP contribution in [0.5, 0.6) is 0 Å². The fourth-order valence-electron chi connectivity index (χ4n) is 5.59. The van der Waals surface area contributed by atoms with Gasteiger partial charge in [0, 0.05) is 54.4 Å². The number of aliphatic hydroxyl groups excluding tert-OH is 1. The van der Waals surface area contributed by atoms with Gasteiger partial charge in [-0.05, 0) is 55.4 Å². The van der Waals surface area contributed by atoms with Crippen LogP contribution >= 0.6 is 15.9 Å². The average Bonchev–Trinajstić information content (AvgIpc) is 3.51. The molecular formula is C28H38BrN7O4. The maximum atomic E-state index is 13.9. The third-order valence-electron chi connectivity index (χ3n) is 7.93. The number of rotatable bonds is 6. The quantitative estimate of drug-likeness (QED) is 0.457. The van der Waals surface area contributed by atoms with E-state index in [1.54, 1.807) is 9.58 Å². The molecule has 2 aromatic rings. The standard InChI is InChI=1S/C28H38BrN7O4/c1-28(2,3)24(36-16-22(32-33-36)17-4-5-17)26(39)35-15-21(37)14-23(35)25(38)30-20-10-12-34(13-11-20)27(40)31-19-8-6-18(29)7-9-19/h6-9,16-17,20-21,23-24,37H,4-5,10-15H2,1-3H3,(H,30,38)(H,31,40)/t21-,23+,24-/m1/s1. The van der Waals surface area contributed by atoms with Crippen molar-refractivity contribution in [3.05, 3.63) is 40.6 Å². The molecule has 1 aromatic heterocycles. The topological polar surface area (TPSA) is 133 Å². The van der Waals surface area contributed by atoms with Gasteiger partial charge in [-0.2, -0.15) is 0 Å². The molecule has 3 N–H and O–H groups in total. The van der Waals surface area contributed by atoms with Crippen molar-refractivity contribution >= 4 is 39.5 Å². The summed E-state index contributed by atoms with van der Waals surface area (Å²) in [6, 6.07) is 5.69. The van der Waals surface area contributed by atoms with Crippen molar-refractivity contribution in [1.82, 2.24) is 30.1 Å². The predicted molar refractivity (Wildman–Crippen MR) is 153 cm³/mol. The lowest BCUT2D eigenvalue weighted by molar-refractivity contribution is -0.144. The Labute approximate surface area is 242 Å². The molecular weight excluding hydrogens is 578 g/mol. The average molecular weight is 617 g/mol. The number of amides is 4. The molecule has 1 aromatic carbocycles. The normalized spacial score (nSPS) is 22.7. The monoisotopic (exact) mass is 615 g/mol. The molecule has 4 amide bonds. The van der Waals surface area contributed by atoms with Crippen LogP contribution < -0.4 is 10.6 Å². The largest absolute Gasteiger partial charge is 0.391 e. The van der Waals surface area contributed by atoms with Crippen LogP contribution in [0.1, 0.15) is 70.5 Å². The Bertz CT molecular complexity index is 1230. The van der Waals surface area contributed by atoms with Crippen molar-refractivity contribution in [2.75, 3.05) is 25.0 Å². The SMILES string of the molecule is CC(C)(C)[C@@H](C(=O)N1C[C@H](O)C[C@H]1C(=O)NC1CCN(C(=O)Nc2ccc(Br)cc2)CC1)n1cc(C2CC2)nn1. The Morgan fingerprint density at radius 1 is 1.07 bits per heavy atom. The summed E-state index contributed by atoms with van der Waals surface area (Å²) in [6.07, 6.45) is 4.65. The first-order valence-corrected chi connectivity index (χ1v) is 14.8. The number of nitrogens with zero attached hydrogens (tertiary/aromatic N) is 5. The summed E-state index contributed by atoms with van der Waals surface area (Å²) in [6.45, 7) is 7.02. The number of aromatic nitrogens is 3. The van der Waals surface area contributed by atoms with Crippen LogP contribution in [-0.2, 0) is 9.59 Å². The van der Waals surface area contributed by atoms with E-state index in [0.717, 1.165) is 28.7 Å². The molecule has 3 fully saturated rings. The molecule has 0 spiro atoms. The van der Waals surface area contributed by atoms with Gasteiger partial charge in [-0.25, -0.2) is 9.48 Å². The van der Waals surface area contributed by atoms with E-state index >= 15 is 0 Å². The summed E-state index contributed by atoms with van der Waals surface area (Å²) >= 11 is 3.39. The molecule has 3 aliphatic rings. The zero-order valence-corrected chi connectivity index (χ0v) is 24.8. The van der Waals surface area contributed by atoms with Gasteiger partial charge in [0.05, 0.1) is 11.8 Å². The first-order chi connectivity index (χ1) is 19.0. The Morgan fingerprint density at radius 3 is 2.38 bits per heavy atom. The minimum atomic E-state index is -0.776. The van der Waals surface area contributed by atoms with E-state index in [1.807, 2.05) is 51.2 Å². The molecule has 2 aliphatic heterocycles. The number of nitrogens with one attached hydrogen (secondary N) is 2. The molecule has 2 saturated heterocycles. The molecule has 0 unspecified atom stereocenters. The van der Waals surface area contributed by atoms with E-state index in [4.69, 9.17) is 0 Å². The number of carbonyl (C=O) groups is 3. The van der Waals surface area contributed by atoms with E-state index in [0.29, 0.717) is 31.8 Å². The van der Waals surface area contributed by atoms with E-state index in [1.165, 1.54) is 4.90 Å². The Hall–Kier alpha value is -2.99. The van der Waals surface area contributed by atoms with Crippen LogP contribution in [0.4, 0.5) is 10.5 Å². The summed E-state index contributed by atoms with van der Waals surface area (Å²) in [7, 11) is 0. The zero-order chi connectivity index (χ0) is 28.6. The van der Waals surface area contributed by atoms with Gasteiger partial charge in [0.1, 0.15) is 12.1 Å². The van der Waals surface area contributed by atoms with Crippen molar-refractivity contribution in [2.45, 2.75) is 83.0 Å². The molecule has 216 valence electrons. The number of carbonyl (C=O) groups excluding carboxylic acids is 3. The summed E-state index contributed by atoms with van der Waals surface area (Å²) in [4.78, 5) is 43.3. The highest BCUT2D eigenvalue weighted by Crippen LogP contribution is 2.40. The number of anilines is 1. The maximum absolute atomic E-state index is 13.9. The fourth-order valence-corrected chi connectivity index (χ4v) is 5.85. The van der Waals surface area contributed by atoms with Gasteiger partial charge in [-0.3, -0.25) is 9.59 Å². The second kappa shape index (κ2) is 11.5. The third kappa shape index (κ3) is 6.49. The number of benzene rings is 1. The molecule has 11 nitrogen and oxygen atoms in total. The fraction of sp³-hybridized carbons (Fsp3) is 0.607. The minimum Gasteiger partial charge on any atom is -0.391 e. The van der Waals surface area contributed by atoms with Crippen molar-refractivity contribution < 1.29 is 19.5 Å².